The number of para-hydroxylation sites is 1. The summed E-state index contributed by atoms with van der Waals surface area (Å²) >= 11 is 0. The molecule has 3 rings (SSSR count). The second-order valence-corrected chi connectivity index (χ2v) is 7.19. The predicted octanol–water partition coefficient (Wildman–Crippen LogP) is 3.29. The van der Waals surface area contributed by atoms with Crippen LogP contribution in [0, 0.1) is 11.3 Å². The molecule has 2 N–H and O–H groups in total. The van der Waals surface area contributed by atoms with E-state index in [1.165, 1.54) is 19.3 Å². The highest BCUT2D eigenvalue weighted by atomic mass is 35.5. The Balaban J connectivity index is 0.00000208. The number of carbonyl (C=O) groups is 1. The first-order chi connectivity index (χ1) is 11.1. The molecule has 1 heterocycles. The van der Waals surface area contributed by atoms with Gasteiger partial charge in [-0.3, -0.25) is 4.79 Å². The van der Waals surface area contributed by atoms with Crippen LogP contribution in [0.3, 0.4) is 0 Å². The number of halogens is 1. The predicted molar refractivity (Wildman–Crippen MR) is 98.6 cm³/mol. The minimum absolute atomic E-state index is 0. The monoisotopic (exact) mass is 352 g/mol. The van der Waals surface area contributed by atoms with Gasteiger partial charge in [-0.1, -0.05) is 31.0 Å². The Hall–Kier alpha value is -1.26. The third-order valence-corrected chi connectivity index (χ3v) is 5.27. The SMILES string of the molecule is CC(C)Oc1ccccc1CNC(=O)[C@@]12CCCC[C@H]1CNC2.Cl. The molecule has 1 saturated carbocycles. The van der Waals surface area contributed by atoms with E-state index in [-0.39, 0.29) is 29.8 Å². The standard InChI is InChI=1S/C19H28N2O2.ClH/c1-14(2)23-17-9-4-3-7-15(17)11-21-18(22)19-10-6-5-8-16(19)12-20-13-19;/h3-4,7,9,14,16,20H,5-6,8,10-13H2,1-2H3,(H,21,22);1H/t16-,19+;/m0./s1. The van der Waals surface area contributed by atoms with Crippen LogP contribution in [-0.4, -0.2) is 25.1 Å². The Morgan fingerprint density at radius 1 is 1.38 bits per heavy atom. The summed E-state index contributed by atoms with van der Waals surface area (Å²) in [6.07, 6.45) is 4.74. The minimum Gasteiger partial charge on any atom is -0.491 e. The summed E-state index contributed by atoms with van der Waals surface area (Å²) in [5.74, 6) is 1.58. The number of carbonyl (C=O) groups excluding carboxylic acids is 1. The second-order valence-electron chi connectivity index (χ2n) is 7.19. The zero-order chi connectivity index (χ0) is 16.3. The summed E-state index contributed by atoms with van der Waals surface area (Å²) in [4.78, 5) is 12.9. The van der Waals surface area contributed by atoms with Crippen LogP contribution in [-0.2, 0) is 11.3 Å². The lowest BCUT2D eigenvalue weighted by atomic mass is 9.67. The van der Waals surface area contributed by atoms with E-state index in [0.717, 1.165) is 30.8 Å². The molecule has 24 heavy (non-hydrogen) atoms. The molecule has 2 fully saturated rings. The van der Waals surface area contributed by atoms with Crippen LogP contribution in [0.4, 0.5) is 0 Å². The van der Waals surface area contributed by atoms with Crippen molar-refractivity contribution in [1.82, 2.24) is 10.6 Å². The van der Waals surface area contributed by atoms with E-state index in [4.69, 9.17) is 4.74 Å². The molecule has 1 aromatic carbocycles. The van der Waals surface area contributed by atoms with Crippen molar-refractivity contribution in [2.45, 2.75) is 52.2 Å². The smallest absolute Gasteiger partial charge is 0.228 e. The number of hydrogen-bond acceptors (Lipinski definition) is 3. The van der Waals surface area contributed by atoms with Crippen molar-refractivity contribution in [2.24, 2.45) is 11.3 Å². The number of hydrogen-bond donors (Lipinski definition) is 2. The molecule has 1 aliphatic carbocycles. The third-order valence-electron chi connectivity index (χ3n) is 5.27. The average molecular weight is 353 g/mol. The molecule has 134 valence electrons. The summed E-state index contributed by atoms with van der Waals surface area (Å²) in [5.41, 5.74) is 0.857. The van der Waals surface area contributed by atoms with Crippen LogP contribution in [0.5, 0.6) is 5.75 Å². The lowest BCUT2D eigenvalue weighted by molar-refractivity contribution is -0.134. The molecular weight excluding hydrogens is 324 g/mol. The summed E-state index contributed by atoms with van der Waals surface area (Å²) < 4.78 is 5.84. The highest BCUT2D eigenvalue weighted by Gasteiger charge is 2.49. The summed E-state index contributed by atoms with van der Waals surface area (Å²) in [5, 5.41) is 6.62. The lowest BCUT2D eigenvalue weighted by Gasteiger charge is -2.37. The molecular formula is C19H29ClN2O2. The van der Waals surface area contributed by atoms with Crippen LogP contribution in [0.15, 0.2) is 24.3 Å². The Kier molecular flexibility index (Phi) is 6.53. The van der Waals surface area contributed by atoms with Gasteiger partial charge in [-0.2, -0.15) is 0 Å². The summed E-state index contributed by atoms with van der Waals surface area (Å²) in [6.45, 7) is 6.39. The molecule has 1 aliphatic heterocycles. The maximum Gasteiger partial charge on any atom is 0.228 e. The van der Waals surface area contributed by atoms with Gasteiger partial charge in [0.15, 0.2) is 0 Å². The molecule has 1 amide bonds. The van der Waals surface area contributed by atoms with E-state index in [1.807, 2.05) is 38.1 Å². The van der Waals surface area contributed by atoms with E-state index in [1.54, 1.807) is 0 Å². The number of benzene rings is 1. The van der Waals surface area contributed by atoms with Gasteiger partial charge < -0.3 is 15.4 Å². The van der Waals surface area contributed by atoms with Gasteiger partial charge in [0.05, 0.1) is 11.5 Å². The molecule has 5 heteroatoms. The molecule has 2 atom stereocenters. The van der Waals surface area contributed by atoms with Crippen molar-refractivity contribution in [3.8, 4) is 5.75 Å². The van der Waals surface area contributed by atoms with Crippen LogP contribution in [0.25, 0.3) is 0 Å². The number of ether oxygens (including phenoxy) is 1. The first kappa shape index (κ1) is 19.1. The normalized spacial score (nSPS) is 25.7. The Morgan fingerprint density at radius 3 is 2.96 bits per heavy atom. The van der Waals surface area contributed by atoms with Gasteiger partial charge in [-0.25, -0.2) is 0 Å². The molecule has 0 radical (unpaired) electrons. The van der Waals surface area contributed by atoms with Gasteiger partial charge in [-0.15, -0.1) is 12.4 Å². The lowest BCUT2D eigenvalue weighted by Crippen LogP contribution is -2.47. The van der Waals surface area contributed by atoms with Gasteiger partial charge in [-0.05, 0) is 45.2 Å². The molecule has 2 aliphatic rings. The van der Waals surface area contributed by atoms with Crippen molar-refractivity contribution in [3.63, 3.8) is 0 Å². The second kappa shape index (κ2) is 8.21. The van der Waals surface area contributed by atoms with Crippen LogP contribution in [0.1, 0.15) is 45.1 Å². The zero-order valence-corrected chi connectivity index (χ0v) is 15.5. The number of rotatable bonds is 5. The van der Waals surface area contributed by atoms with Gasteiger partial charge >= 0.3 is 0 Å². The Bertz CT molecular complexity index is 564. The van der Waals surface area contributed by atoms with Crippen molar-refractivity contribution in [2.75, 3.05) is 13.1 Å². The Labute approximate surface area is 151 Å². The van der Waals surface area contributed by atoms with Crippen molar-refractivity contribution in [1.29, 1.82) is 0 Å². The van der Waals surface area contributed by atoms with Crippen LogP contribution >= 0.6 is 12.4 Å². The topological polar surface area (TPSA) is 50.4 Å². The fourth-order valence-electron chi connectivity index (χ4n) is 4.06. The average Bonchev–Trinajstić information content (AvgIpc) is 2.98. The van der Waals surface area contributed by atoms with Gasteiger partial charge in [0, 0.05) is 18.7 Å². The van der Waals surface area contributed by atoms with E-state index in [9.17, 15) is 4.79 Å². The highest BCUT2D eigenvalue weighted by Crippen LogP contribution is 2.44. The largest absolute Gasteiger partial charge is 0.491 e. The minimum atomic E-state index is -0.188. The van der Waals surface area contributed by atoms with Crippen LogP contribution in [0.2, 0.25) is 0 Å². The van der Waals surface area contributed by atoms with Gasteiger partial charge in [0.1, 0.15) is 5.75 Å². The summed E-state index contributed by atoms with van der Waals surface area (Å²) in [6, 6.07) is 7.97. The molecule has 0 spiro atoms. The fraction of sp³-hybridized carbons (Fsp3) is 0.632. The van der Waals surface area contributed by atoms with E-state index >= 15 is 0 Å². The Morgan fingerprint density at radius 2 is 2.17 bits per heavy atom. The molecule has 1 aromatic rings. The summed E-state index contributed by atoms with van der Waals surface area (Å²) in [7, 11) is 0. The quantitative estimate of drug-likeness (QED) is 0.854. The first-order valence-electron chi connectivity index (χ1n) is 8.85. The zero-order valence-electron chi connectivity index (χ0n) is 14.6. The van der Waals surface area contributed by atoms with E-state index in [0.29, 0.717) is 12.5 Å². The number of amides is 1. The van der Waals surface area contributed by atoms with Crippen LogP contribution < -0.4 is 15.4 Å². The highest BCUT2D eigenvalue weighted by molar-refractivity contribution is 5.85. The van der Waals surface area contributed by atoms with Crippen molar-refractivity contribution >= 4 is 18.3 Å². The van der Waals surface area contributed by atoms with Crippen molar-refractivity contribution in [3.05, 3.63) is 29.8 Å². The van der Waals surface area contributed by atoms with E-state index < -0.39 is 0 Å². The van der Waals surface area contributed by atoms with E-state index in [2.05, 4.69) is 10.6 Å². The number of fused-ring (bicyclic) bond motifs is 1. The maximum absolute atomic E-state index is 12.9. The molecule has 0 unspecified atom stereocenters. The van der Waals surface area contributed by atoms with Crippen molar-refractivity contribution < 1.29 is 9.53 Å². The molecule has 0 aromatic heterocycles. The molecule has 0 bridgehead atoms. The van der Waals surface area contributed by atoms with Gasteiger partial charge in [0.25, 0.3) is 0 Å². The fourth-order valence-corrected chi connectivity index (χ4v) is 4.06. The molecule has 1 saturated heterocycles. The number of nitrogens with one attached hydrogen (secondary N) is 2. The third kappa shape index (κ3) is 3.86. The molecule has 4 nitrogen and oxygen atoms in total. The maximum atomic E-state index is 12.9. The van der Waals surface area contributed by atoms with Gasteiger partial charge in [0.2, 0.25) is 5.91 Å². The first-order valence-corrected chi connectivity index (χ1v) is 8.85.